The smallest absolute Gasteiger partial charge is 0.270 e. The molecule has 1 spiro atoms. The highest BCUT2D eigenvalue weighted by Gasteiger charge is 2.40. The number of ether oxygens (including phenoxy) is 2. The summed E-state index contributed by atoms with van der Waals surface area (Å²) in [5.74, 6) is 0.559. The van der Waals surface area contributed by atoms with E-state index in [0.29, 0.717) is 37.2 Å². The number of aromatic nitrogens is 2. The van der Waals surface area contributed by atoms with E-state index in [1.807, 2.05) is 6.07 Å². The van der Waals surface area contributed by atoms with E-state index in [1.165, 1.54) is 0 Å². The number of hydrogen-bond donors (Lipinski definition) is 1. The van der Waals surface area contributed by atoms with Crippen molar-refractivity contribution in [1.82, 2.24) is 15.3 Å². The lowest BCUT2D eigenvalue weighted by Gasteiger charge is -2.37. The summed E-state index contributed by atoms with van der Waals surface area (Å²) in [7, 11) is 0. The fraction of sp³-hybridized carbons (Fsp3) is 0.471. The molecular weight excluding hydrogens is 324 g/mol. The Labute approximate surface area is 145 Å². The van der Waals surface area contributed by atoms with Crippen LogP contribution in [0.5, 0.6) is 0 Å². The van der Waals surface area contributed by atoms with Gasteiger partial charge < -0.3 is 24.1 Å². The summed E-state index contributed by atoms with van der Waals surface area (Å²) in [6.45, 7) is 3.10. The van der Waals surface area contributed by atoms with Crippen molar-refractivity contribution >= 4 is 11.9 Å². The van der Waals surface area contributed by atoms with E-state index in [1.54, 1.807) is 24.6 Å². The molecule has 0 radical (unpaired) electrons. The molecule has 2 aromatic heterocycles. The number of anilines is 1. The van der Waals surface area contributed by atoms with Crippen molar-refractivity contribution < 1.29 is 18.7 Å². The van der Waals surface area contributed by atoms with Gasteiger partial charge in [-0.2, -0.15) is 0 Å². The van der Waals surface area contributed by atoms with Crippen LogP contribution in [0.1, 0.15) is 29.1 Å². The monoisotopic (exact) mass is 344 g/mol. The largest absolute Gasteiger partial charge is 0.467 e. The first-order chi connectivity index (χ1) is 12.2. The molecule has 0 atom stereocenters. The lowest BCUT2D eigenvalue weighted by atomic mass is 10.0. The molecule has 1 amide bonds. The van der Waals surface area contributed by atoms with E-state index in [4.69, 9.17) is 13.9 Å². The molecule has 0 unspecified atom stereocenters. The fourth-order valence-electron chi connectivity index (χ4n) is 3.13. The number of carbonyl (C=O) groups excluding carboxylic acids is 1. The number of nitrogens with one attached hydrogen (secondary N) is 1. The van der Waals surface area contributed by atoms with E-state index in [-0.39, 0.29) is 5.91 Å². The fourth-order valence-corrected chi connectivity index (χ4v) is 3.13. The second kappa shape index (κ2) is 6.81. The van der Waals surface area contributed by atoms with E-state index in [2.05, 4.69) is 20.2 Å². The van der Waals surface area contributed by atoms with Crippen LogP contribution in [-0.4, -0.2) is 48.0 Å². The van der Waals surface area contributed by atoms with E-state index in [9.17, 15) is 4.79 Å². The molecule has 25 heavy (non-hydrogen) atoms. The molecule has 0 aliphatic carbocycles. The molecule has 2 saturated heterocycles. The number of rotatable bonds is 4. The van der Waals surface area contributed by atoms with Crippen LogP contribution in [0.15, 0.2) is 35.1 Å². The molecule has 0 aromatic carbocycles. The Bertz CT molecular complexity index is 718. The third-order valence-electron chi connectivity index (χ3n) is 4.50. The Morgan fingerprint density at radius 2 is 2.04 bits per heavy atom. The summed E-state index contributed by atoms with van der Waals surface area (Å²) < 4.78 is 16.7. The maximum absolute atomic E-state index is 12.3. The number of carbonyl (C=O) groups is 1. The van der Waals surface area contributed by atoms with Crippen molar-refractivity contribution in [2.75, 3.05) is 31.2 Å². The van der Waals surface area contributed by atoms with Gasteiger partial charge in [-0.1, -0.05) is 0 Å². The first kappa shape index (κ1) is 16.0. The van der Waals surface area contributed by atoms with E-state index < -0.39 is 5.79 Å². The van der Waals surface area contributed by atoms with E-state index in [0.717, 1.165) is 25.9 Å². The van der Waals surface area contributed by atoms with Crippen LogP contribution in [0.2, 0.25) is 0 Å². The van der Waals surface area contributed by atoms with Gasteiger partial charge in [-0.3, -0.25) is 4.79 Å². The van der Waals surface area contributed by atoms with Gasteiger partial charge in [0, 0.05) is 32.1 Å². The molecule has 2 aliphatic heterocycles. The number of nitrogens with zero attached hydrogens (tertiary/aromatic N) is 3. The zero-order chi connectivity index (χ0) is 17.1. The van der Waals surface area contributed by atoms with Gasteiger partial charge in [0.25, 0.3) is 5.91 Å². The van der Waals surface area contributed by atoms with Crippen molar-refractivity contribution in [3.05, 3.63) is 42.1 Å². The summed E-state index contributed by atoms with van der Waals surface area (Å²) in [6, 6.07) is 5.20. The first-order valence-corrected chi connectivity index (χ1v) is 8.41. The highest BCUT2D eigenvalue weighted by atomic mass is 16.7. The number of piperidine rings is 1. The van der Waals surface area contributed by atoms with Crippen LogP contribution in [0.25, 0.3) is 0 Å². The van der Waals surface area contributed by atoms with Crippen LogP contribution in [0.3, 0.4) is 0 Å². The Hall–Kier alpha value is -2.45. The zero-order valence-electron chi connectivity index (χ0n) is 13.8. The second-order valence-electron chi connectivity index (χ2n) is 6.10. The number of amides is 1. The lowest BCUT2D eigenvalue weighted by molar-refractivity contribution is -0.169. The van der Waals surface area contributed by atoms with Crippen LogP contribution in [0.4, 0.5) is 5.95 Å². The molecule has 0 saturated carbocycles. The van der Waals surface area contributed by atoms with Gasteiger partial charge in [0.05, 0.1) is 26.0 Å². The Morgan fingerprint density at radius 3 is 2.76 bits per heavy atom. The summed E-state index contributed by atoms with van der Waals surface area (Å²) in [5, 5.41) is 2.79. The van der Waals surface area contributed by atoms with Crippen molar-refractivity contribution in [2.24, 2.45) is 0 Å². The first-order valence-electron chi connectivity index (χ1n) is 8.41. The van der Waals surface area contributed by atoms with Gasteiger partial charge in [-0.05, 0) is 18.2 Å². The summed E-state index contributed by atoms with van der Waals surface area (Å²) in [5.41, 5.74) is 0.338. The van der Waals surface area contributed by atoms with Gasteiger partial charge in [-0.25, -0.2) is 9.97 Å². The summed E-state index contributed by atoms with van der Waals surface area (Å²) >= 11 is 0. The van der Waals surface area contributed by atoms with Crippen molar-refractivity contribution in [3.8, 4) is 0 Å². The Morgan fingerprint density at radius 1 is 1.24 bits per heavy atom. The van der Waals surface area contributed by atoms with Gasteiger partial charge in [-0.15, -0.1) is 0 Å². The maximum Gasteiger partial charge on any atom is 0.270 e. The average Bonchev–Trinajstić information content (AvgIpc) is 3.33. The van der Waals surface area contributed by atoms with Crippen molar-refractivity contribution in [2.45, 2.75) is 25.2 Å². The molecular formula is C17H20N4O4. The Balaban J connectivity index is 1.38. The predicted octanol–water partition coefficient (Wildman–Crippen LogP) is 1.34. The van der Waals surface area contributed by atoms with Gasteiger partial charge in [0.15, 0.2) is 5.79 Å². The summed E-state index contributed by atoms with van der Waals surface area (Å²) in [4.78, 5) is 23.0. The van der Waals surface area contributed by atoms with Gasteiger partial charge in [0.2, 0.25) is 5.95 Å². The van der Waals surface area contributed by atoms with Crippen molar-refractivity contribution in [1.29, 1.82) is 0 Å². The molecule has 2 fully saturated rings. The molecule has 132 valence electrons. The Kier molecular flexibility index (Phi) is 4.37. The SMILES string of the molecule is O=C(NCc1ccco1)c1ccnc(N2CCC3(CC2)OCCO3)n1. The lowest BCUT2D eigenvalue weighted by Crippen LogP contribution is -2.45. The third kappa shape index (κ3) is 3.49. The average molecular weight is 344 g/mol. The zero-order valence-corrected chi connectivity index (χ0v) is 13.8. The molecule has 4 rings (SSSR count). The molecule has 0 bridgehead atoms. The van der Waals surface area contributed by atoms with Crippen LogP contribution in [0, 0.1) is 0 Å². The number of furan rings is 1. The summed E-state index contributed by atoms with van der Waals surface area (Å²) in [6.07, 6.45) is 4.72. The number of hydrogen-bond acceptors (Lipinski definition) is 7. The minimum absolute atomic E-state index is 0.254. The topological polar surface area (TPSA) is 89.7 Å². The maximum atomic E-state index is 12.3. The standard InChI is InChI=1S/C17H20N4O4/c22-15(19-12-13-2-1-9-23-13)14-3-6-18-16(20-14)21-7-4-17(5-8-21)24-10-11-25-17/h1-3,6,9H,4-5,7-8,10-12H2,(H,19,22). The van der Waals surface area contributed by atoms with E-state index >= 15 is 0 Å². The highest BCUT2D eigenvalue weighted by molar-refractivity contribution is 5.92. The molecule has 2 aromatic rings. The molecule has 2 aliphatic rings. The van der Waals surface area contributed by atoms with Crippen LogP contribution in [-0.2, 0) is 16.0 Å². The third-order valence-corrected chi connectivity index (χ3v) is 4.50. The quantitative estimate of drug-likeness (QED) is 0.895. The molecule has 8 nitrogen and oxygen atoms in total. The normalized spacial score (nSPS) is 19.3. The molecule has 8 heteroatoms. The van der Waals surface area contributed by atoms with Crippen molar-refractivity contribution in [3.63, 3.8) is 0 Å². The van der Waals surface area contributed by atoms with Crippen LogP contribution >= 0.6 is 0 Å². The van der Waals surface area contributed by atoms with Gasteiger partial charge in [0.1, 0.15) is 11.5 Å². The van der Waals surface area contributed by atoms with Gasteiger partial charge >= 0.3 is 0 Å². The molecule has 4 heterocycles. The molecule has 1 N–H and O–H groups in total. The highest BCUT2D eigenvalue weighted by Crippen LogP contribution is 2.32. The van der Waals surface area contributed by atoms with Crippen LogP contribution < -0.4 is 10.2 Å². The minimum atomic E-state index is -0.436. The predicted molar refractivity (Wildman–Crippen MR) is 88.0 cm³/mol. The second-order valence-corrected chi connectivity index (χ2v) is 6.10. The minimum Gasteiger partial charge on any atom is -0.467 e.